The lowest BCUT2D eigenvalue weighted by atomic mass is 10.1. The summed E-state index contributed by atoms with van der Waals surface area (Å²) >= 11 is 0. The van der Waals surface area contributed by atoms with Crippen molar-refractivity contribution in [2.75, 3.05) is 10.6 Å². The van der Waals surface area contributed by atoms with Gasteiger partial charge in [-0.2, -0.15) is 0 Å². The van der Waals surface area contributed by atoms with E-state index in [0.717, 1.165) is 23.5 Å². The number of nitrogen functional groups attached to an aromatic ring is 1. The van der Waals surface area contributed by atoms with Crippen LogP contribution in [0.2, 0.25) is 0 Å². The fraction of sp³-hybridized carbons (Fsp3) is 0.267. The third-order valence-corrected chi connectivity index (χ3v) is 3.62. The smallest absolute Gasteiger partial charge is 0.156 e. The summed E-state index contributed by atoms with van der Waals surface area (Å²) in [6, 6.07) is 10.8. The fourth-order valence-corrected chi connectivity index (χ4v) is 2.64. The number of rotatable bonds is 1. The van der Waals surface area contributed by atoms with E-state index in [1.165, 1.54) is 11.3 Å². The molecule has 0 radical (unpaired) electrons. The molecule has 0 bridgehead atoms. The molecule has 18 heavy (non-hydrogen) atoms. The lowest BCUT2D eigenvalue weighted by molar-refractivity contribution is 0.751. The van der Waals surface area contributed by atoms with Crippen molar-refractivity contribution in [3.8, 4) is 0 Å². The summed E-state index contributed by atoms with van der Waals surface area (Å²) in [5.74, 6) is 0.882. The van der Waals surface area contributed by atoms with Gasteiger partial charge in [-0.05, 0) is 43.5 Å². The Bertz CT molecular complexity index is 592. The van der Waals surface area contributed by atoms with E-state index in [9.17, 15) is 0 Å². The molecule has 1 unspecified atom stereocenters. The van der Waals surface area contributed by atoms with Crippen molar-refractivity contribution in [1.29, 1.82) is 0 Å². The second kappa shape index (κ2) is 4.02. The van der Waals surface area contributed by atoms with Crippen LogP contribution in [0.4, 0.5) is 17.2 Å². The first-order valence-electron chi connectivity index (χ1n) is 6.26. The Morgan fingerprint density at radius 2 is 2.06 bits per heavy atom. The molecule has 3 nitrogen and oxygen atoms in total. The summed E-state index contributed by atoms with van der Waals surface area (Å²) in [4.78, 5) is 6.72. The van der Waals surface area contributed by atoms with Crippen LogP contribution in [0.5, 0.6) is 0 Å². The summed E-state index contributed by atoms with van der Waals surface area (Å²) in [6.07, 6.45) is 2.87. The van der Waals surface area contributed by atoms with Gasteiger partial charge in [-0.15, -0.1) is 0 Å². The van der Waals surface area contributed by atoms with Crippen molar-refractivity contribution < 1.29 is 0 Å². The summed E-state index contributed by atoms with van der Waals surface area (Å²) in [5, 5.41) is 0. The van der Waals surface area contributed by atoms with Crippen LogP contribution in [0.3, 0.4) is 0 Å². The van der Waals surface area contributed by atoms with E-state index in [1.807, 2.05) is 19.2 Å². The van der Waals surface area contributed by atoms with Gasteiger partial charge in [-0.1, -0.05) is 18.2 Å². The fourth-order valence-electron chi connectivity index (χ4n) is 2.64. The van der Waals surface area contributed by atoms with Crippen LogP contribution in [0.1, 0.15) is 18.1 Å². The second-order valence-electron chi connectivity index (χ2n) is 4.92. The molecule has 2 aromatic rings. The maximum Gasteiger partial charge on any atom is 0.156 e. The van der Waals surface area contributed by atoms with Crippen molar-refractivity contribution in [1.82, 2.24) is 4.98 Å². The average molecular weight is 239 g/mol. The Balaban J connectivity index is 2.15. The topological polar surface area (TPSA) is 42.2 Å². The van der Waals surface area contributed by atoms with Gasteiger partial charge in [0, 0.05) is 17.9 Å². The van der Waals surface area contributed by atoms with Crippen LogP contribution in [-0.2, 0) is 6.42 Å². The third-order valence-electron chi connectivity index (χ3n) is 3.62. The molecule has 92 valence electrons. The average Bonchev–Trinajstić information content (AvgIpc) is 2.69. The molecular weight excluding hydrogens is 222 g/mol. The molecule has 0 amide bonds. The quantitative estimate of drug-likeness (QED) is 0.831. The minimum Gasteiger partial charge on any atom is -0.396 e. The third kappa shape index (κ3) is 1.55. The molecule has 0 aliphatic carbocycles. The number of benzene rings is 1. The largest absolute Gasteiger partial charge is 0.396 e. The molecular formula is C15H17N3. The van der Waals surface area contributed by atoms with Gasteiger partial charge >= 0.3 is 0 Å². The molecule has 3 rings (SSSR count). The highest BCUT2D eigenvalue weighted by atomic mass is 15.2. The molecule has 1 aromatic carbocycles. The molecule has 0 saturated heterocycles. The number of aromatic nitrogens is 1. The molecule has 1 aromatic heterocycles. The lowest BCUT2D eigenvalue weighted by Gasteiger charge is -2.25. The maximum absolute atomic E-state index is 6.18. The van der Waals surface area contributed by atoms with Gasteiger partial charge in [0.2, 0.25) is 0 Å². The molecule has 1 aliphatic rings. The predicted molar refractivity (Wildman–Crippen MR) is 75.1 cm³/mol. The molecule has 0 saturated carbocycles. The van der Waals surface area contributed by atoms with Crippen LogP contribution < -0.4 is 10.6 Å². The zero-order valence-electron chi connectivity index (χ0n) is 10.7. The van der Waals surface area contributed by atoms with E-state index >= 15 is 0 Å². The van der Waals surface area contributed by atoms with Gasteiger partial charge in [-0.3, -0.25) is 0 Å². The van der Waals surface area contributed by atoms with E-state index in [-0.39, 0.29) is 0 Å². The Labute approximate surface area is 107 Å². The molecule has 0 fully saturated rings. The first-order chi connectivity index (χ1) is 8.68. The van der Waals surface area contributed by atoms with Gasteiger partial charge < -0.3 is 10.6 Å². The highest BCUT2D eigenvalue weighted by molar-refractivity contribution is 5.77. The van der Waals surface area contributed by atoms with Gasteiger partial charge in [0.25, 0.3) is 0 Å². The van der Waals surface area contributed by atoms with Gasteiger partial charge in [0.15, 0.2) is 5.82 Å². The number of para-hydroxylation sites is 1. The van der Waals surface area contributed by atoms with E-state index in [2.05, 4.69) is 41.1 Å². The number of hydrogen-bond donors (Lipinski definition) is 1. The Kier molecular flexibility index (Phi) is 2.47. The van der Waals surface area contributed by atoms with Crippen molar-refractivity contribution in [3.05, 3.63) is 47.7 Å². The zero-order chi connectivity index (χ0) is 12.7. The van der Waals surface area contributed by atoms with E-state index in [1.54, 1.807) is 0 Å². The molecule has 3 heteroatoms. The lowest BCUT2D eigenvalue weighted by Crippen LogP contribution is -2.26. The minimum absolute atomic E-state index is 0.402. The number of aryl methyl sites for hydroxylation is 1. The summed E-state index contributed by atoms with van der Waals surface area (Å²) in [5.41, 5.74) is 10.6. The van der Waals surface area contributed by atoms with Gasteiger partial charge in [-0.25, -0.2) is 4.98 Å². The summed E-state index contributed by atoms with van der Waals surface area (Å²) in [7, 11) is 0. The number of nitrogens with zero attached hydrogens (tertiary/aromatic N) is 2. The van der Waals surface area contributed by atoms with Gasteiger partial charge in [0.05, 0.1) is 5.69 Å². The number of fused-ring (bicyclic) bond motifs is 1. The number of pyridine rings is 1. The molecule has 0 spiro atoms. The van der Waals surface area contributed by atoms with E-state index in [4.69, 9.17) is 5.73 Å². The van der Waals surface area contributed by atoms with Crippen molar-refractivity contribution in [2.24, 2.45) is 0 Å². The Morgan fingerprint density at radius 3 is 2.89 bits per heavy atom. The normalized spacial score (nSPS) is 17.9. The monoisotopic (exact) mass is 239 g/mol. The standard InChI is InChI=1S/C15H17N3/c1-10-7-8-17-15(14(10)16)18-11(2)9-12-5-3-4-6-13(12)18/h3-8,11H,9,16H2,1-2H3. The van der Waals surface area contributed by atoms with Crippen LogP contribution >= 0.6 is 0 Å². The zero-order valence-corrected chi connectivity index (χ0v) is 10.7. The van der Waals surface area contributed by atoms with E-state index < -0.39 is 0 Å². The minimum atomic E-state index is 0.402. The summed E-state index contributed by atoms with van der Waals surface area (Å²) < 4.78 is 0. The molecule has 2 N–H and O–H groups in total. The SMILES string of the molecule is Cc1ccnc(N2c3ccccc3CC2C)c1N. The first-order valence-corrected chi connectivity index (χ1v) is 6.26. The van der Waals surface area contributed by atoms with Crippen LogP contribution in [0.15, 0.2) is 36.5 Å². The Morgan fingerprint density at radius 1 is 1.28 bits per heavy atom. The van der Waals surface area contributed by atoms with Crippen molar-refractivity contribution in [3.63, 3.8) is 0 Å². The molecule has 1 aliphatic heterocycles. The van der Waals surface area contributed by atoms with Crippen LogP contribution in [0.25, 0.3) is 0 Å². The maximum atomic E-state index is 6.18. The van der Waals surface area contributed by atoms with Crippen molar-refractivity contribution in [2.45, 2.75) is 26.3 Å². The molecule has 2 heterocycles. The number of anilines is 3. The Hall–Kier alpha value is -2.03. The highest BCUT2D eigenvalue weighted by Gasteiger charge is 2.28. The summed E-state index contributed by atoms with van der Waals surface area (Å²) in [6.45, 7) is 4.23. The van der Waals surface area contributed by atoms with Crippen LogP contribution in [-0.4, -0.2) is 11.0 Å². The number of nitrogens with two attached hydrogens (primary N) is 1. The van der Waals surface area contributed by atoms with Crippen molar-refractivity contribution >= 4 is 17.2 Å². The second-order valence-corrected chi connectivity index (χ2v) is 4.92. The highest BCUT2D eigenvalue weighted by Crippen LogP contribution is 2.39. The number of hydrogen-bond acceptors (Lipinski definition) is 3. The van der Waals surface area contributed by atoms with Crippen LogP contribution in [0, 0.1) is 6.92 Å². The van der Waals surface area contributed by atoms with Gasteiger partial charge in [0.1, 0.15) is 0 Å². The molecule has 1 atom stereocenters. The van der Waals surface area contributed by atoms with E-state index in [0.29, 0.717) is 6.04 Å². The predicted octanol–water partition coefficient (Wildman–Crippen LogP) is 3.05. The first kappa shape index (κ1) is 11.1.